The van der Waals surface area contributed by atoms with Crippen LogP contribution >= 0.6 is 0 Å². The molecule has 0 spiro atoms. The molecule has 2 saturated carbocycles. The zero-order valence-corrected chi connectivity index (χ0v) is 80.1. The van der Waals surface area contributed by atoms with E-state index in [-0.39, 0.29) is 59.5 Å². The molecule has 11 rings (SSSR count). The number of aliphatic hydroxyl groups excluding tert-OH is 1. The van der Waals surface area contributed by atoms with Crippen molar-refractivity contribution in [2.75, 3.05) is 55.2 Å². The van der Waals surface area contributed by atoms with Crippen molar-refractivity contribution in [3.05, 3.63) is 216 Å². The number of rotatable bonds is 38. The molecule has 1 N–H and O–H groups in total. The maximum absolute atomic E-state index is 13.9. The number of benzene rings is 7. The highest BCUT2D eigenvalue weighted by atomic mass is 28.4. The van der Waals surface area contributed by atoms with Crippen molar-refractivity contribution in [3.63, 3.8) is 0 Å². The molecule has 7 aromatic rings. The van der Waals surface area contributed by atoms with Gasteiger partial charge in [0, 0.05) is 55.0 Å². The smallest absolute Gasteiger partial charge is 0.342 e. The molecule has 122 heavy (non-hydrogen) atoms. The molecule has 660 valence electrons. The van der Waals surface area contributed by atoms with Gasteiger partial charge in [0.1, 0.15) is 58.5 Å². The number of hydrogen-bond acceptors (Lipinski definition) is 19. The average molecular weight is 1740 g/mol. The van der Waals surface area contributed by atoms with Gasteiger partial charge < -0.3 is 75.5 Å². The van der Waals surface area contributed by atoms with Gasteiger partial charge in [0.15, 0.2) is 25.2 Å². The first-order valence-electron chi connectivity index (χ1n) is 43.1. The van der Waals surface area contributed by atoms with Crippen LogP contribution < -0.4 is 39.7 Å². The van der Waals surface area contributed by atoms with Crippen molar-refractivity contribution in [3.8, 4) is 34.8 Å². The third-order valence-electron chi connectivity index (χ3n) is 23.0. The molecular formula is C99H134O19Si4. The van der Waals surface area contributed by atoms with Crippen LogP contribution in [0, 0.1) is 23.7 Å². The van der Waals surface area contributed by atoms with Crippen molar-refractivity contribution >= 4 is 71.4 Å². The first kappa shape index (κ1) is 96.2. The van der Waals surface area contributed by atoms with Gasteiger partial charge in [-0.05, 0) is 182 Å². The van der Waals surface area contributed by atoms with Gasteiger partial charge in [0.25, 0.3) is 16.6 Å². The maximum Gasteiger partial charge on any atom is 0.342 e. The lowest BCUT2D eigenvalue weighted by molar-refractivity contribution is -0.153. The molecule has 2 saturated heterocycles. The highest BCUT2D eigenvalue weighted by Crippen LogP contribution is 2.57. The highest BCUT2D eigenvalue weighted by Gasteiger charge is 2.56. The molecule has 7 aromatic carbocycles. The summed E-state index contributed by atoms with van der Waals surface area (Å²) in [5, 5.41) is 16.0. The van der Waals surface area contributed by atoms with E-state index in [2.05, 4.69) is 210 Å². The number of esters is 3. The molecular weight excluding hydrogens is 1610 g/mol. The second kappa shape index (κ2) is 41.8. The Hall–Kier alpha value is -8.04. The van der Waals surface area contributed by atoms with E-state index in [9.17, 15) is 19.5 Å². The van der Waals surface area contributed by atoms with Gasteiger partial charge in [0.05, 0.1) is 51.3 Å². The standard InChI is InChI=1S/C53H70O10Si2.C46H64O9Si2/c1-37(63-65(52(2,3)4,41-25-17-13-18-26-41)42-27-19-14-20-28-42)22-21-29-45(60-50(54)38-23-15-12-16-24-38)49-47(61-53(5,6)62-49)33-39-32-43(39)44-34-40(57-8)35-46(59-36-56-7)48(44)51(55)58-30-31-64(9,10)11;1-32(55-57(45(2,3)4,35-20-14-12-15-21-35)36-22-16-13-17-23-36)19-18-24-39(47)43-41(53-46(5,6)54-43)28-33-27-37(33)38-29-34(50-8)30-40(52-31-49-7)42(38)44(48)51-25-26-56(9,10)11/h12-21,23-29,34-35,37,39,43,45,47,49H,22,30-33,36H2,1-11H3;12-17,20-23,29-30,32-33,37,39,41,43,47H,19,25-28,31H2,1-11H3/b29-21-;/t37-,39?,43?,45?,47+,49-;32-,33?,37?,39?,41-,43+/m10/s1. The molecule has 0 bridgehead atoms. The number of hydrogen-bond donors (Lipinski definition) is 1. The van der Waals surface area contributed by atoms with Gasteiger partial charge in [-0.15, -0.1) is 0 Å². The lowest BCUT2D eigenvalue weighted by Crippen LogP contribution is -2.67. The molecule has 0 aromatic heterocycles. The monoisotopic (exact) mass is 1740 g/mol. The number of carbonyl (C=O) groups excluding carboxylic acids is 3. The Morgan fingerprint density at radius 2 is 0.893 bits per heavy atom. The van der Waals surface area contributed by atoms with Gasteiger partial charge in [-0.25, -0.2) is 14.4 Å². The normalized spacial score (nSPS) is 21.0. The van der Waals surface area contributed by atoms with Crippen LogP contribution in [0.25, 0.3) is 0 Å². The zero-order valence-electron chi connectivity index (χ0n) is 76.1. The second-order valence-corrected chi connectivity index (χ2v) is 57.9. The fraction of sp³-hybridized carbons (Fsp3) is 0.505. The summed E-state index contributed by atoms with van der Waals surface area (Å²) in [5.74, 6) is 5.36. The van der Waals surface area contributed by atoms with Gasteiger partial charge in [-0.3, -0.25) is 0 Å². The number of methoxy groups -OCH3 is 4. The van der Waals surface area contributed by atoms with Crippen molar-refractivity contribution in [2.45, 2.75) is 255 Å². The third kappa shape index (κ3) is 25.2. The highest BCUT2D eigenvalue weighted by molar-refractivity contribution is 7.00. The van der Waals surface area contributed by atoms with E-state index >= 15 is 0 Å². The minimum absolute atomic E-state index is 0.0113. The second-order valence-electron chi connectivity index (χ2n) is 38.2. The SMILES string of the molecule is COCOc1cc(OC)cc(C2CC2C[C@@H]2OC(C)(C)O[C@@H]2C(/C=C\C[C@@H](C)O[Si](c2ccccc2)(c2ccccc2)C(C)(C)C)OC(=O)c2ccccc2)c1C(=O)OCC[Si](C)(C)C.COCOc1cc(OC)cc(C2CC2C[C@@H]2OC(C)(C)O[C@@H]2C(O)C#CC[C@H](C)O[Si](c2ccccc2)(c2ccccc2)C(C)(C)C)c1C(=O)OCC[Si](C)(C)C. The molecule has 23 heteroatoms. The number of ether oxygens (including phenoxy) is 13. The van der Waals surface area contributed by atoms with Gasteiger partial charge in [-0.2, -0.15) is 0 Å². The van der Waals surface area contributed by atoms with E-state index < -0.39 is 98.9 Å². The van der Waals surface area contributed by atoms with Crippen molar-refractivity contribution < 1.29 is 89.9 Å². The molecule has 19 nitrogen and oxygen atoms in total. The Bertz CT molecular complexity index is 4550. The van der Waals surface area contributed by atoms with Crippen LogP contribution in [-0.2, 0) is 51.5 Å². The van der Waals surface area contributed by atoms with Crippen LogP contribution in [0.4, 0.5) is 0 Å². The molecule has 0 radical (unpaired) electrons. The van der Waals surface area contributed by atoms with E-state index in [1.54, 1.807) is 38.5 Å². The van der Waals surface area contributed by atoms with Crippen LogP contribution in [0.3, 0.4) is 0 Å². The molecule has 2 aliphatic heterocycles. The fourth-order valence-corrected chi connectivity index (χ4v) is 27.7. The summed E-state index contributed by atoms with van der Waals surface area (Å²) in [5.41, 5.74) is 2.85. The summed E-state index contributed by atoms with van der Waals surface area (Å²) < 4.78 is 92.4. The van der Waals surface area contributed by atoms with Gasteiger partial charge in [-0.1, -0.05) is 238 Å². The van der Waals surface area contributed by atoms with E-state index in [1.165, 1.54) is 35.0 Å². The molecule has 2 heterocycles. The van der Waals surface area contributed by atoms with Crippen molar-refractivity contribution in [2.24, 2.45) is 11.8 Å². The van der Waals surface area contributed by atoms with Crippen LogP contribution in [0.5, 0.6) is 23.0 Å². The lowest BCUT2D eigenvalue weighted by atomic mass is 9.96. The van der Waals surface area contributed by atoms with Crippen molar-refractivity contribution in [1.29, 1.82) is 0 Å². The van der Waals surface area contributed by atoms with Gasteiger partial charge in [0.2, 0.25) is 0 Å². The van der Waals surface area contributed by atoms with Gasteiger partial charge >= 0.3 is 17.9 Å². The first-order valence-corrected chi connectivity index (χ1v) is 54.4. The Balaban J connectivity index is 0.000000258. The third-order valence-corrected chi connectivity index (χ3v) is 36.7. The molecule has 6 unspecified atom stereocenters. The quantitative estimate of drug-likeness (QED) is 0.00952. The predicted molar refractivity (Wildman–Crippen MR) is 491 cm³/mol. The average Bonchev–Trinajstić information content (AvgIpc) is 1.29. The summed E-state index contributed by atoms with van der Waals surface area (Å²) in [6, 6.07) is 60.3. The zero-order chi connectivity index (χ0) is 88.6. The minimum Gasteiger partial charge on any atom is -0.497 e. The van der Waals surface area contributed by atoms with E-state index in [0.717, 1.165) is 36.1 Å². The van der Waals surface area contributed by atoms with Crippen LogP contribution in [0.1, 0.15) is 176 Å². The summed E-state index contributed by atoms with van der Waals surface area (Å²) in [6.45, 7) is 39.4. The van der Waals surface area contributed by atoms with E-state index in [1.807, 2.05) is 88.4 Å². The van der Waals surface area contributed by atoms with Crippen LogP contribution in [0.2, 0.25) is 61.4 Å². The Labute approximate surface area is 730 Å². The Morgan fingerprint density at radius 1 is 0.516 bits per heavy atom. The number of aliphatic hydroxyl groups is 1. The van der Waals surface area contributed by atoms with Crippen LogP contribution in [0.15, 0.2) is 188 Å². The molecule has 4 aliphatic rings. The lowest BCUT2D eigenvalue weighted by Gasteiger charge is -2.44. The summed E-state index contributed by atoms with van der Waals surface area (Å²) in [7, 11) is -2.19. The topological polar surface area (TPSA) is 210 Å². The molecule has 4 fully saturated rings. The van der Waals surface area contributed by atoms with E-state index in [0.29, 0.717) is 78.6 Å². The van der Waals surface area contributed by atoms with Crippen LogP contribution in [-0.4, -0.2) is 171 Å². The minimum atomic E-state index is -2.82. The first-order chi connectivity index (χ1) is 57.7. The van der Waals surface area contributed by atoms with E-state index in [4.69, 9.17) is 70.4 Å². The Kier molecular flexibility index (Phi) is 33.0. The summed E-state index contributed by atoms with van der Waals surface area (Å²) in [6.07, 6.45) is 3.44. The maximum atomic E-state index is 13.9. The Morgan fingerprint density at radius 3 is 1.27 bits per heavy atom. The molecule has 2 aliphatic carbocycles. The molecule has 0 amide bonds. The van der Waals surface area contributed by atoms with Crippen molar-refractivity contribution in [1.82, 2.24) is 0 Å². The summed E-state index contributed by atoms with van der Waals surface area (Å²) >= 11 is 0. The summed E-state index contributed by atoms with van der Waals surface area (Å²) in [4.78, 5) is 41.4. The molecule has 12 atom stereocenters. The fourth-order valence-electron chi connectivity index (χ4n) is 16.9. The predicted octanol–water partition coefficient (Wildman–Crippen LogP) is 18.2. The largest absolute Gasteiger partial charge is 0.497 e. The number of carbonyl (C=O) groups is 3.